The second kappa shape index (κ2) is 8.41. The Bertz CT molecular complexity index is 648. The van der Waals surface area contributed by atoms with E-state index in [4.69, 9.17) is 10.00 Å². The quantitative estimate of drug-likeness (QED) is 0.590. The summed E-state index contributed by atoms with van der Waals surface area (Å²) >= 11 is 0. The first-order chi connectivity index (χ1) is 11.6. The Morgan fingerprint density at radius 2 is 2.17 bits per heavy atom. The molecule has 0 atom stereocenters. The number of rotatable bonds is 6. The van der Waals surface area contributed by atoms with Gasteiger partial charge in [-0.3, -0.25) is 14.9 Å². The first-order valence-corrected chi connectivity index (χ1v) is 8.11. The number of carbonyl (C=O) groups is 1. The van der Waals surface area contributed by atoms with Crippen molar-refractivity contribution >= 4 is 11.6 Å². The van der Waals surface area contributed by atoms with E-state index in [1.807, 2.05) is 6.92 Å². The first-order valence-electron chi connectivity index (χ1n) is 8.11. The van der Waals surface area contributed by atoms with Crippen LogP contribution in [0.4, 0.5) is 5.69 Å². The van der Waals surface area contributed by atoms with Crippen LogP contribution in [0.5, 0.6) is 0 Å². The van der Waals surface area contributed by atoms with Gasteiger partial charge in [-0.05, 0) is 25.3 Å². The van der Waals surface area contributed by atoms with Gasteiger partial charge in [-0.15, -0.1) is 0 Å². The molecule has 0 radical (unpaired) electrons. The van der Waals surface area contributed by atoms with Crippen molar-refractivity contribution in [2.75, 3.05) is 19.8 Å². The second-order valence-electron chi connectivity index (χ2n) is 5.70. The third kappa shape index (κ3) is 4.09. The summed E-state index contributed by atoms with van der Waals surface area (Å²) < 4.78 is 5.33. The number of nitriles is 1. The molecule has 0 saturated carbocycles. The largest absolute Gasteiger partial charge is 0.381 e. The SMILES string of the molecule is CCc1ccc(C(=O)N(CCC#N)C2CCOCC2)cc1[N+](=O)[O-]. The first kappa shape index (κ1) is 17.9. The van der Waals surface area contributed by atoms with Crippen LogP contribution in [0.25, 0.3) is 0 Å². The zero-order valence-corrected chi connectivity index (χ0v) is 13.7. The van der Waals surface area contributed by atoms with Gasteiger partial charge in [0, 0.05) is 43.0 Å². The van der Waals surface area contributed by atoms with E-state index < -0.39 is 4.92 Å². The van der Waals surface area contributed by atoms with Crippen LogP contribution in [-0.4, -0.2) is 41.5 Å². The maximum atomic E-state index is 12.9. The van der Waals surface area contributed by atoms with Crippen LogP contribution in [0, 0.1) is 21.4 Å². The van der Waals surface area contributed by atoms with Gasteiger partial charge >= 0.3 is 0 Å². The highest BCUT2D eigenvalue weighted by Crippen LogP contribution is 2.24. The predicted molar refractivity (Wildman–Crippen MR) is 87.6 cm³/mol. The number of nitro groups is 1. The maximum absolute atomic E-state index is 12.9. The number of hydrogen-bond acceptors (Lipinski definition) is 5. The van der Waals surface area contributed by atoms with Gasteiger partial charge in [0.1, 0.15) is 0 Å². The van der Waals surface area contributed by atoms with E-state index in [9.17, 15) is 14.9 Å². The Balaban J connectivity index is 2.29. The minimum absolute atomic E-state index is 0.00417. The van der Waals surface area contributed by atoms with Crippen molar-refractivity contribution in [2.24, 2.45) is 0 Å². The van der Waals surface area contributed by atoms with Gasteiger partial charge in [-0.2, -0.15) is 5.26 Å². The average molecular weight is 331 g/mol. The number of carbonyl (C=O) groups excluding carboxylic acids is 1. The van der Waals surface area contributed by atoms with Crippen LogP contribution in [0.1, 0.15) is 42.1 Å². The third-order valence-corrected chi connectivity index (χ3v) is 4.27. The minimum atomic E-state index is -0.455. The zero-order valence-electron chi connectivity index (χ0n) is 13.7. The molecule has 24 heavy (non-hydrogen) atoms. The summed E-state index contributed by atoms with van der Waals surface area (Å²) in [4.78, 5) is 25.3. The lowest BCUT2D eigenvalue weighted by atomic mass is 10.0. The molecule has 0 unspecified atom stereocenters. The van der Waals surface area contributed by atoms with Crippen molar-refractivity contribution in [2.45, 2.75) is 38.6 Å². The van der Waals surface area contributed by atoms with Crippen molar-refractivity contribution < 1.29 is 14.5 Å². The molecular weight excluding hydrogens is 310 g/mol. The zero-order chi connectivity index (χ0) is 17.5. The molecule has 0 spiro atoms. The van der Waals surface area contributed by atoms with E-state index in [2.05, 4.69) is 6.07 Å². The van der Waals surface area contributed by atoms with Crippen molar-refractivity contribution in [1.82, 2.24) is 4.90 Å². The summed E-state index contributed by atoms with van der Waals surface area (Å²) in [5.74, 6) is -0.261. The summed E-state index contributed by atoms with van der Waals surface area (Å²) in [5, 5.41) is 20.1. The van der Waals surface area contributed by atoms with Gasteiger partial charge in [0.25, 0.3) is 11.6 Å². The molecule has 7 nitrogen and oxygen atoms in total. The summed E-state index contributed by atoms with van der Waals surface area (Å²) in [6, 6.07) is 6.68. The Kier molecular flexibility index (Phi) is 6.27. The molecule has 1 aromatic carbocycles. The van der Waals surface area contributed by atoms with Crippen molar-refractivity contribution in [3.8, 4) is 6.07 Å². The monoisotopic (exact) mass is 331 g/mol. The van der Waals surface area contributed by atoms with Gasteiger partial charge < -0.3 is 9.64 Å². The van der Waals surface area contributed by atoms with Crippen LogP contribution < -0.4 is 0 Å². The molecule has 2 rings (SSSR count). The molecule has 0 bridgehead atoms. The molecule has 0 aromatic heterocycles. The van der Waals surface area contributed by atoms with Gasteiger partial charge in [0.2, 0.25) is 0 Å². The van der Waals surface area contributed by atoms with Crippen LogP contribution >= 0.6 is 0 Å². The number of nitrogens with zero attached hydrogens (tertiary/aromatic N) is 3. The molecule has 1 saturated heterocycles. The minimum Gasteiger partial charge on any atom is -0.381 e. The Morgan fingerprint density at radius 3 is 2.75 bits per heavy atom. The highest BCUT2D eigenvalue weighted by atomic mass is 16.6. The number of ether oxygens (including phenoxy) is 1. The summed E-state index contributed by atoms with van der Waals surface area (Å²) in [5.41, 5.74) is 0.866. The van der Waals surface area contributed by atoms with E-state index in [0.29, 0.717) is 50.1 Å². The van der Waals surface area contributed by atoms with E-state index in [1.165, 1.54) is 6.07 Å². The van der Waals surface area contributed by atoms with Gasteiger partial charge in [-0.1, -0.05) is 13.0 Å². The predicted octanol–water partition coefficient (Wildman–Crippen LogP) is 2.69. The molecule has 1 aromatic rings. The lowest BCUT2D eigenvalue weighted by Gasteiger charge is -2.34. The topological polar surface area (TPSA) is 96.5 Å². The van der Waals surface area contributed by atoms with Crippen molar-refractivity contribution in [3.63, 3.8) is 0 Å². The van der Waals surface area contributed by atoms with E-state index in [1.54, 1.807) is 17.0 Å². The molecule has 1 heterocycles. The van der Waals surface area contributed by atoms with Gasteiger partial charge in [0.15, 0.2) is 0 Å². The maximum Gasteiger partial charge on any atom is 0.273 e. The molecule has 1 fully saturated rings. The van der Waals surface area contributed by atoms with Gasteiger partial charge in [-0.25, -0.2) is 0 Å². The van der Waals surface area contributed by atoms with Crippen LogP contribution in [-0.2, 0) is 11.2 Å². The fraction of sp³-hybridized carbons (Fsp3) is 0.529. The Hall–Kier alpha value is -2.46. The number of hydrogen-bond donors (Lipinski definition) is 0. The summed E-state index contributed by atoms with van der Waals surface area (Å²) in [6.07, 6.45) is 2.19. The normalized spacial score (nSPS) is 14.8. The highest BCUT2D eigenvalue weighted by molar-refractivity contribution is 5.95. The summed E-state index contributed by atoms with van der Waals surface area (Å²) in [6.45, 7) is 3.32. The van der Waals surface area contributed by atoms with Crippen LogP contribution in [0.15, 0.2) is 18.2 Å². The number of nitro benzene ring substituents is 1. The summed E-state index contributed by atoms with van der Waals surface area (Å²) in [7, 11) is 0. The molecule has 128 valence electrons. The highest BCUT2D eigenvalue weighted by Gasteiger charge is 2.27. The van der Waals surface area contributed by atoms with Crippen LogP contribution in [0.2, 0.25) is 0 Å². The second-order valence-corrected chi connectivity index (χ2v) is 5.70. The van der Waals surface area contributed by atoms with Gasteiger partial charge in [0.05, 0.1) is 17.4 Å². The molecule has 0 N–H and O–H groups in total. The lowest BCUT2D eigenvalue weighted by Crippen LogP contribution is -2.44. The average Bonchev–Trinajstić information content (AvgIpc) is 2.62. The number of amides is 1. The third-order valence-electron chi connectivity index (χ3n) is 4.27. The van der Waals surface area contributed by atoms with E-state index in [0.717, 1.165) is 0 Å². The fourth-order valence-electron chi connectivity index (χ4n) is 2.95. The lowest BCUT2D eigenvalue weighted by molar-refractivity contribution is -0.385. The van der Waals surface area contributed by atoms with Crippen LogP contribution in [0.3, 0.4) is 0 Å². The molecule has 7 heteroatoms. The molecule has 1 aliphatic heterocycles. The fourth-order valence-corrected chi connectivity index (χ4v) is 2.95. The standard InChI is InChI=1S/C17H21N3O4/c1-2-13-4-5-14(12-16(13)20(22)23)17(21)19(9-3-8-18)15-6-10-24-11-7-15/h4-5,12,15H,2-3,6-7,9-11H2,1H3. The Labute approximate surface area is 141 Å². The van der Waals surface area contributed by atoms with Crippen molar-refractivity contribution in [3.05, 3.63) is 39.4 Å². The smallest absolute Gasteiger partial charge is 0.273 e. The molecular formula is C17H21N3O4. The Morgan fingerprint density at radius 1 is 1.46 bits per heavy atom. The molecule has 1 amide bonds. The number of aryl methyl sites for hydroxylation is 1. The van der Waals surface area contributed by atoms with Crippen molar-refractivity contribution in [1.29, 1.82) is 5.26 Å². The van der Waals surface area contributed by atoms with E-state index >= 15 is 0 Å². The molecule has 1 aliphatic rings. The molecule has 0 aliphatic carbocycles. The van der Waals surface area contributed by atoms with E-state index in [-0.39, 0.29) is 24.1 Å². The number of benzene rings is 1.